The van der Waals surface area contributed by atoms with E-state index in [0.29, 0.717) is 24.7 Å². The van der Waals surface area contributed by atoms with Crippen molar-refractivity contribution in [1.82, 2.24) is 10.2 Å². The highest BCUT2D eigenvalue weighted by molar-refractivity contribution is 6.35. The summed E-state index contributed by atoms with van der Waals surface area (Å²) in [6, 6.07) is 7.31. The Bertz CT molecular complexity index is 434. The molecule has 0 bridgehead atoms. The molecule has 16 heavy (non-hydrogen) atoms. The van der Waals surface area contributed by atoms with Gasteiger partial charge in [-0.25, -0.2) is 0 Å². The fourth-order valence-electron chi connectivity index (χ4n) is 1.61. The second-order valence-electron chi connectivity index (χ2n) is 3.57. The third-order valence-corrected chi connectivity index (χ3v) is 2.84. The Labute approximate surface area is 98.2 Å². The van der Waals surface area contributed by atoms with Gasteiger partial charge in [0.1, 0.15) is 0 Å². The molecule has 0 radical (unpaired) electrons. The van der Waals surface area contributed by atoms with Gasteiger partial charge in [-0.2, -0.15) is 0 Å². The summed E-state index contributed by atoms with van der Waals surface area (Å²) in [6.07, 6.45) is 0. The maximum atomic E-state index is 11.5. The van der Waals surface area contributed by atoms with E-state index in [9.17, 15) is 9.59 Å². The van der Waals surface area contributed by atoms with E-state index in [1.807, 2.05) is 18.2 Å². The van der Waals surface area contributed by atoms with Gasteiger partial charge in [0, 0.05) is 24.7 Å². The third-order valence-electron chi connectivity index (χ3n) is 2.47. The van der Waals surface area contributed by atoms with Crippen molar-refractivity contribution in [3.63, 3.8) is 0 Å². The third kappa shape index (κ3) is 2.17. The van der Waals surface area contributed by atoms with Crippen LogP contribution in [0.5, 0.6) is 0 Å². The Morgan fingerprint density at radius 2 is 2.06 bits per heavy atom. The van der Waals surface area contributed by atoms with E-state index in [4.69, 9.17) is 11.6 Å². The van der Waals surface area contributed by atoms with Gasteiger partial charge in [0.15, 0.2) is 0 Å². The summed E-state index contributed by atoms with van der Waals surface area (Å²) in [5.41, 5.74) is 0.854. The molecule has 1 aliphatic heterocycles. The highest BCUT2D eigenvalue weighted by Crippen LogP contribution is 2.17. The van der Waals surface area contributed by atoms with Gasteiger partial charge >= 0.3 is 11.8 Å². The maximum Gasteiger partial charge on any atom is 0.312 e. The van der Waals surface area contributed by atoms with Crippen molar-refractivity contribution >= 4 is 23.4 Å². The summed E-state index contributed by atoms with van der Waals surface area (Å²) in [6.45, 7) is 1.40. The maximum absolute atomic E-state index is 11.5. The van der Waals surface area contributed by atoms with Crippen LogP contribution in [0.1, 0.15) is 5.56 Å². The molecule has 1 fully saturated rings. The highest BCUT2D eigenvalue weighted by Gasteiger charge is 2.26. The molecule has 2 amide bonds. The summed E-state index contributed by atoms with van der Waals surface area (Å²) in [7, 11) is 0. The second kappa shape index (κ2) is 4.53. The van der Waals surface area contributed by atoms with Crippen molar-refractivity contribution in [2.75, 3.05) is 13.1 Å². The normalized spacial score (nSPS) is 16.2. The molecule has 0 atom stereocenters. The zero-order chi connectivity index (χ0) is 11.5. The number of amides is 2. The predicted molar refractivity (Wildman–Crippen MR) is 59.9 cm³/mol. The lowest BCUT2D eigenvalue weighted by molar-refractivity contribution is -0.148. The van der Waals surface area contributed by atoms with Gasteiger partial charge in [-0.05, 0) is 11.6 Å². The number of halogens is 1. The first-order chi connectivity index (χ1) is 7.68. The van der Waals surface area contributed by atoms with Crippen molar-refractivity contribution in [3.8, 4) is 0 Å². The average Bonchev–Trinajstić information content (AvgIpc) is 2.28. The van der Waals surface area contributed by atoms with Crippen LogP contribution in [-0.4, -0.2) is 29.8 Å². The Kier molecular flexibility index (Phi) is 3.10. The van der Waals surface area contributed by atoms with Crippen LogP contribution in [0.4, 0.5) is 0 Å². The lowest BCUT2D eigenvalue weighted by atomic mass is 10.2. The first-order valence-corrected chi connectivity index (χ1v) is 5.37. The topological polar surface area (TPSA) is 49.4 Å². The number of benzene rings is 1. The monoisotopic (exact) mass is 238 g/mol. The Hall–Kier alpha value is -1.55. The number of carbonyl (C=O) groups excluding carboxylic acids is 2. The van der Waals surface area contributed by atoms with Crippen LogP contribution in [0.25, 0.3) is 0 Å². The van der Waals surface area contributed by atoms with Crippen LogP contribution in [0.15, 0.2) is 24.3 Å². The van der Waals surface area contributed by atoms with Crippen LogP contribution >= 0.6 is 11.6 Å². The van der Waals surface area contributed by atoms with Crippen molar-refractivity contribution < 1.29 is 9.59 Å². The lowest BCUT2D eigenvalue weighted by Crippen LogP contribution is -2.51. The van der Waals surface area contributed by atoms with Gasteiger partial charge in [0.2, 0.25) is 0 Å². The summed E-state index contributed by atoms with van der Waals surface area (Å²) < 4.78 is 0. The molecule has 1 aliphatic rings. The molecule has 5 heteroatoms. The first-order valence-electron chi connectivity index (χ1n) is 4.99. The van der Waals surface area contributed by atoms with Gasteiger partial charge in [0.05, 0.1) is 0 Å². The molecule has 0 aliphatic carbocycles. The fourth-order valence-corrected chi connectivity index (χ4v) is 1.80. The summed E-state index contributed by atoms with van der Waals surface area (Å²) in [5.74, 6) is -1.04. The van der Waals surface area contributed by atoms with Crippen LogP contribution in [0.2, 0.25) is 5.02 Å². The summed E-state index contributed by atoms with van der Waals surface area (Å²) >= 11 is 5.99. The van der Waals surface area contributed by atoms with E-state index in [1.54, 1.807) is 6.07 Å². The molecule has 1 N–H and O–H groups in total. The number of nitrogens with one attached hydrogen (secondary N) is 1. The van der Waals surface area contributed by atoms with Crippen molar-refractivity contribution in [2.45, 2.75) is 6.54 Å². The molecule has 0 saturated carbocycles. The van der Waals surface area contributed by atoms with E-state index in [-0.39, 0.29) is 0 Å². The van der Waals surface area contributed by atoms with Crippen LogP contribution in [0.3, 0.4) is 0 Å². The number of piperazine rings is 1. The lowest BCUT2D eigenvalue weighted by Gasteiger charge is -2.26. The summed E-state index contributed by atoms with van der Waals surface area (Å²) in [5, 5.41) is 3.11. The molecule has 0 aromatic heterocycles. The molecule has 1 saturated heterocycles. The molecular weight excluding hydrogens is 228 g/mol. The van der Waals surface area contributed by atoms with Crippen LogP contribution in [0, 0.1) is 0 Å². The molecular formula is C11H11ClN2O2. The van der Waals surface area contributed by atoms with E-state index in [1.165, 1.54) is 4.90 Å². The zero-order valence-electron chi connectivity index (χ0n) is 8.57. The Morgan fingerprint density at radius 3 is 2.81 bits per heavy atom. The SMILES string of the molecule is O=C1NCCN(Cc2ccccc2Cl)C1=O. The van der Waals surface area contributed by atoms with Gasteiger partial charge in [-0.15, -0.1) is 0 Å². The number of rotatable bonds is 2. The minimum absolute atomic E-state index is 0.381. The molecule has 1 aromatic rings. The van der Waals surface area contributed by atoms with Crippen LogP contribution < -0.4 is 5.32 Å². The zero-order valence-corrected chi connectivity index (χ0v) is 9.33. The number of hydrogen-bond donors (Lipinski definition) is 1. The predicted octanol–water partition coefficient (Wildman–Crippen LogP) is 0.798. The Morgan fingerprint density at radius 1 is 1.31 bits per heavy atom. The molecule has 1 aromatic carbocycles. The molecule has 1 heterocycles. The minimum Gasteiger partial charge on any atom is -0.346 e. The standard InChI is InChI=1S/C11H11ClN2O2/c12-9-4-2-1-3-8(9)7-14-6-5-13-10(15)11(14)16/h1-4H,5-7H2,(H,13,15). The average molecular weight is 239 g/mol. The van der Waals surface area contributed by atoms with Crippen molar-refractivity contribution in [1.29, 1.82) is 0 Å². The molecule has 0 unspecified atom stereocenters. The smallest absolute Gasteiger partial charge is 0.312 e. The molecule has 2 rings (SSSR count). The van der Waals surface area contributed by atoms with Gasteiger partial charge < -0.3 is 10.2 Å². The second-order valence-corrected chi connectivity index (χ2v) is 3.98. The quantitative estimate of drug-likeness (QED) is 0.775. The van der Waals surface area contributed by atoms with Gasteiger partial charge in [0.25, 0.3) is 0 Å². The van der Waals surface area contributed by atoms with E-state index in [0.717, 1.165) is 5.56 Å². The van der Waals surface area contributed by atoms with Crippen molar-refractivity contribution in [2.24, 2.45) is 0 Å². The highest BCUT2D eigenvalue weighted by atomic mass is 35.5. The molecule has 4 nitrogen and oxygen atoms in total. The molecule has 84 valence electrons. The van der Waals surface area contributed by atoms with E-state index < -0.39 is 11.8 Å². The van der Waals surface area contributed by atoms with E-state index >= 15 is 0 Å². The Balaban J connectivity index is 2.13. The minimum atomic E-state index is -0.543. The van der Waals surface area contributed by atoms with E-state index in [2.05, 4.69) is 5.32 Å². The van der Waals surface area contributed by atoms with Gasteiger partial charge in [-0.1, -0.05) is 29.8 Å². The number of carbonyl (C=O) groups is 2. The van der Waals surface area contributed by atoms with Crippen LogP contribution in [-0.2, 0) is 16.1 Å². The largest absolute Gasteiger partial charge is 0.346 e. The number of hydrogen-bond acceptors (Lipinski definition) is 2. The first kappa shape index (κ1) is 11.0. The van der Waals surface area contributed by atoms with Gasteiger partial charge in [-0.3, -0.25) is 9.59 Å². The van der Waals surface area contributed by atoms with Crippen molar-refractivity contribution in [3.05, 3.63) is 34.9 Å². The fraction of sp³-hybridized carbons (Fsp3) is 0.273. The number of nitrogens with zero attached hydrogens (tertiary/aromatic N) is 1. The molecule has 0 spiro atoms. The summed E-state index contributed by atoms with van der Waals surface area (Å²) in [4.78, 5) is 24.2.